The van der Waals surface area contributed by atoms with Gasteiger partial charge >= 0.3 is 56.4 Å². The third-order valence-electron chi connectivity index (χ3n) is 2.51. The third-order valence-corrected chi connectivity index (χ3v) is 2.51. The SMILES string of the molecule is CCCCCCCN.N.N.N.N.N.N.O=[N+]([O-])O.O=[N+]([O-])O.O=[N+]([O-])O.O=[N+]([O-])O.[CH2-]CCCCCCN.[Cl][Pt+].[Cl][Pt].[Pt]. The van der Waals surface area contributed by atoms with Gasteiger partial charge in [0, 0.05) is 21.1 Å². The Morgan fingerprint density at radius 3 is 0.907 bits per heavy atom. The molecule has 0 aromatic heterocycles. The molecular formula is C14H55Cl2N12O12Pt3. The molecular weight excluding hydrogens is 1180 g/mol. The van der Waals surface area contributed by atoms with Crippen LogP contribution in [0.5, 0.6) is 0 Å². The summed E-state index contributed by atoms with van der Waals surface area (Å²) in [6.45, 7) is 7.69. The molecule has 0 amide bonds. The predicted molar refractivity (Wildman–Crippen MR) is 152 cm³/mol. The number of nitrogens with two attached hydrogens (primary N) is 2. The minimum Gasteiger partial charge on any atom is 0 e. The largest absolute Gasteiger partial charge is 0 e. The molecule has 0 aromatic rings. The summed E-state index contributed by atoms with van der Waals surface area (Å²) in [5.41, 5.74) is 10.6. The van der Waals surface area contributed by atoms with Gasteiger partial charge in [0.2, 0.25) is 0 Å². The topological polar surface area (TPSA) is 516 Å². The van der Waals surface area contributed by atoms with Crippen LogP contribution in [0.4, 0.5) is 0 Å². The molecule has 0 heterocycles. The summed E-state index contributed by atoms with van der Waals surface area (Å²) in [5.74, 6) is 0. The van der Waals surface area contributed by atoms with Crippen molar-refractivity contribution in [2.75, 3.05) is 13.1 Å². The van der Waals surface area contributed by atoms with Gasteiger partial charge in [-0.2, -0.15) is 6.42 Å². The Morgan fingerprint density at radius 1 is 0.605 bits per heavy atom. The Hall–Kier alpha value is -0.875. The first kappa shape index (κ1) is 96.8. The van der Waals surface area contributed by atoms with Crippen LogP contribution in [0, 0.1) is 47.4 Å². The van der Waals surface area contributed by atoms with Crippen molar-refractivity contribution < 1.29 is 99.8 Å². The molecule has 287 valence electrons. The summed E-state index contributed by atoms with van der Waals surface area (Å²) in [6, 6.07) is 0. The van der Waals surface area contributed by atoms with Crippen LogP contribution in [0.15, 0.2) is 0 Å². The molecule has 0 saturated carbocycles. The van der Waals surface area contributed by atoms with Gasteiger partial charge < -0.3 is 76.1 Å². The van der Waals surface area contributed by atoms with Gasteiger partial charge in [-0.15, -0.1) is 40.5 Å². The van der Waals surface area contributed by atoms with E-state index in [9.17, 15) is 0 Å². The van der Waals surface area contributed by atoms with E-state index in [0.29, 0.717) is 0 Å². The van der Waals surface area contributed by atoms with Gasteiger partial charge in [-0.1, -0.05) is 51.9 Å². The number of rotatable bonds is 10. The number of nitrogens with zero attached hydrogens (tertiary/aromatic N) is 4. The van der Waals surface area contributed by atoms with E-state index in [1.165, 1.54) is 57.8 Å². The molecule has 0 aliphatic rings. The average Bonchev–Trinajstić information content (AvgIpc) is 2.76. The van der Waals surface area contributed by atoms with Gasteiger partial charge in [0.15, 0.2) is 0 Å². The van der Waals surface area contributed by atoms with E-state index in [4.69, 9.17) is 72.8 Å². The fourth-order valence-electron chi connectivity index (χ4n) is 1.42. The zero-order valence-corrected chi connectivity index (χ0v) is 32.5. The van der Waals surface area contributed by atoms with E-state index in [2.05, 4.69) is 32.7 Å². The van der Waals surface area contributed by atoms with Crippen molar-refractivity contribution in [3.05, 3.63) is 47.4 Å². The Bertz CT molecular complexity index is 355. The molecule has 0 aliphatic heterocycles. The monoisotopic (exact) mass is 1240 g/mol. The van der Waals surface area contributed by atoms with Gasteiger partial charge in [-0.3, -0.25) is 0 Å². The van der Waals surface area contributed by atoms with E-state index in [0.717, 1.165) is 19.5 Å². The summed E-state index contributed by atoms with van der Waals surface area (Å²) in [4.78, 5) is 33.4. The normalized spacial score (nSPS) is 6.19. The molecule has 0 unspecified atom stereocenters. The minimum atomic E-state index is -1.50. The second-order valence-electron chi connectivity index (χ2n) is 5.21. The maximum absolute atomic E-state index is 8.36. The second kappa shape index (κ2) is 124. The molecule has 43 heavy (non-hydrogen) atoms. The van der Waals surface area contributed by atoms with Crippen molar-refractivity contribution in [3.63, 3.8) is 0 Å². The Labute approximate surface area is 297 Å². The zero-order valence-electron chi connectivity index (χ0n) is 24.1. The summed E-state index contributed by atoms with van der Waals surface area (Å²) in [5, 5.41) is 54.6. The first-order chi connectivity index (χ1) is 16.8. The van der Waals surface area contributed by atoms with Crippen molar-refractivity contribution >= 4 is 18.8 Å². The fraction of sp³-hybridized carbons (Fsp3) is 0.929. The molecule has 26 N–H and O–H groups in total. The third kappa shape index (κ3) is 756. The van der Waals surface area contributed by atoms with Gasteiger partial charge in [0.05, 0.1) is 0 Å². The van der Waals surface area contributed by atoms with Crippen LogP contribution in [-0.2, 0) is 58.6 Å². The summed E-state index contributed by atoms with van der Waals surface area (Å²) in [6.07, 6.45) is 12.7. The summed E-state index contributed by atoms with van der Waals surface area (Å²) >= 11 is 3.22. The maximum Gasteiger partial charge on any atom is 0 e. The molecule has 0 fully saturated rings. The molecule has 0 radical (unpaired) electrons. The van der Waals surface area contributed by atoms with Crippen LogP contribution in [0.25, 0.3) is 0 Å². The second-order valence-corrected chi connectivity index (χ2v) is 5.21. The molecule has 0 atom stereocenters. The summed E-state index contributed by atoms with van der Waals surface area (Å²) in [7, 11) is 9.22. The Balaban J connectivity index is -0.0000000163. The van der Waals surface area contributed by atoms with Crippen LogP contribution in [0.2, 0.25) is 0 Å². The molecule has 24 nitrogen and oxygen atoms in total. The van der Waals surface area contributed by atoms with E-state index in [1.807, 2.05) is 0 Å². The number of halogens is 2. The first-order valence-corrected chi connectivity index (χ1v) is 15.2. The van der Waals surface area contributed by atoms with E-state index in [1.54, 1.807) is 37.5 Å². The van der Waals surface area contributed by atoms with Crippen molar-refractivity contribution in [3.8, 4) is 0 Å². The van der Waals surface area contributed by atoms with Crippen molar-refractivity contribution in [2.24, 2.45) is 11.5 Å². The quantitative estimate of drug-likeness (QED) is 0.0615. The minimum absolute atomic E-state index is 0. The van der Waals surface area contributed by atoms with Crippen LogP contribution in [0.1, 0.15) is 71.1 Å². The molecule has 0 aliphatic carbocycles. The van der Waals surface area contributed by atoms with E-state index < -0.39 is 20.3 Å². The van der Waals surface area contributed by atoms with Gasteiger partial charge in [0.25, 0.3) is 20.3 Å². The van der Waals surface area contributed by atoms with Crippen LogP contribution in [0.3, 0.4) is 0 Å². The maximum atomic E-state index is 8.36. The van der Waals surface area contributed by atoms with Crippen molar-refractivity contribution in [1.82, 2.24) is 36.9 Å². The fourth-order valence-corrected chi connectivity index (χ4v) is 1.42. The van der Waals surface area contributed by atoms with Gasteiger partial charge in [0.1, 0.15) is 0 Å². The molecule has 0 bridgehead atoms. The first-order valence-electron chi connectivity index (χ1n) is 9.52. The van der Waals surface area contributed by atoms with Gasteiger partial charge in [-0.05, 0) is 25.9 Å². The molecule has 0 aromatic carbocycles. The molecule has 0 spiro atoms. The van der Waals surface area contributed by atoms with E-state index >= 15 is 0 Å². The average molecular weight is 1240 g/mol. The number of hydrogen-bond donors (Lipinski definition) is 12. The van der Waals surface area contributed by atoms with Crippen molar-refractivity contribution in [2.45, 2.75) is 71.1 Å². The zero-order chi connectivity index (χ0) is 30.8. The molecule has 29 heteroatoms. The number of hydrogen-bond acceptors (Lipinski definition) is 16. The predicted octanol–water partition coefficient (Wildman–Crippen LogP) is 4.60. The summed E-state index contributed by atoms with van der Waals surface area (Å²) < 4.78 is 0. The van der Waals surface area contributed by atoms with Crippen LogP contribution < -0.4 is 48.4 Å². The standard InChI is InChI=1S/C7H17N.C7H16N.2ClH.4HNO3.6H3N.3Pt/c2*1-2-3-4-5-6-7-8;;;4*2-1(3)4;;;;;;;;;/h2-8H2,1H3;1-8H2;2*1H;4*(H,2,3,4);6*1H3;;;/q;-1;;;;;;;;;;;;;;+1;+2/p-2. The van der Waals surface area contributed by atoms with Crippen LogP contribution in [-0.4, -0.2) is 54.3 Å². The van der Waals surface area contributed by atoms with Crippen LogP contribution >= 0.6 is 18.8 Å². The molecule has 0 saturated heterocycles. The van der Waals surface area contributed by atoms with Crippen molar-refractivity contribution in [1.29, 1.82) is 0 Å². The van der Waals surface area contributed by atoms with Gasteiger partial charge in [-0.25, -0.2) is 0 Å². The Kier molecular flexibility index (Phi) is 279. The smallest absolute Gasteiger partial charge is 0 e. The number of unbranched alkanes of at least 4 members (excludes halogenated alkanes) is 8. The Morgan fingerprint density at radius 2 is 0.767 bits per heavy atom. The van der Waals surface area contributed by atoms with E-state index in [-0.39, 0.29) is 58.0 Å². The molecule has 0 rings (SSSR count).